The Bertz CT molecular complexity index is 486. The van der Waals surface area contributed by atoms with Gasteiger partial charge in [0.2, 0.25) is 5.91 Å². The molecule has 0 saturated heterocycles. The first kappa shape index (κ1) is 15.8. The molecule has 0 heterocycles. The van der Waals surface area contributed by atoms with Gasteiger partial charge in [0.05, 0.1) is 10.5 Å². The first-order chi connectivity index (χ1) is 9.65. The largest absolute Gasteiger partial charge is 0.382 e. The molecular formula is C14H18N2O4. The van der Waals surface area contributed by atoms with Crippen molar-refractivity contribution in [1.82, 2.24) is 5.32 Å². The summed E-state index contributed by atoms with van der Waals surface area (Å²) < 4.78 is 5.14. The van der Waals surface area contributed by atoms with Crippen LogP contribution in [0.25, 0.3) is 6.08 Å². The average molecular weight is 278 g/mol. The first-order valence-corrected chi connectivity index (χ1v) is 6.42. The van der Waals surface area contributed by atoms with Gasteiger partial charge in [0.25, 0.3) is 5.69 Å². The fraction of sp³-hybridized carbons (Fsp3) is 0.357. The molecule has 1 aromatic carbocycles. The van der Waals surface area contributed by atoms with Gasteiger partial charge < -0.3 is 10.1 Å². The Hall–Kier alpha value is -2.21. The van der Waals surface area contributed by atoms with E-state index >= 15 is 0 Å². The summed E-state index contributed by atoms with van der Waals surface area (Å²) in [7, 11) is 0. The van der Waals surface area contributed by atoms with Gasteiger partial charge in [0, 0.05) is 31.9 Å². The smallest absolute Gasteiger partial charge is 0.276 e. The fourth-order valence-electron chi connectivity index (χ4n) is 1.55. The van der Waals surface area contributed by atoms with E-state index in [1.807, 2.05) is 6.92 Å². The van der Waals surface area contributed by atoms with E-state index in [2.05, 4.69) is 5.32 Å². The number of benzene rings is 1. The Morgan fingerprint density at radius 1 is 1.45 bits per heavy atom. The topological polar surface area (TPSA) is 81.5 Å². The maximum absolute atomic E-state index is 11.5. The minimum Gasteiger partial charge on any atom is -0.382 e. The number of nitrogens with zero attached hydrogens (tertiary/aromatic N) is 1. The van der Waals surface area contributed by atoms with Crippen LogP contribution in [0.4, 0.5) is 5.69 Å². The summed E-state index contributed by atoms with van der Waals surface area (Å²) in [4.78, 5) is 21.8. The third kappa shape index (κ3) is 5.62. The monoisotopic (exact) mass is 278 g/mol. The van der Waals surface area contributed by atoms with Crippen LogP contribution in [0.2, 0.25) is 0 Å². The van der Waals surface area contributed by atoms with Crippen LogP contribution in [-0.2, 0) is 9.53 Å². The molecule has 1 amide bonds. The number of hydrogen-bond acceptors (Lipinski definition) is 4. The highest BCUT2D eigenvalue weighted by atomic mass is 16.6. The minimum absolute atomic E-state index is 0.0205. The number of nitrogens with one attached hydrogen (secondary N) is 1. The number of ether oxygens (including phenoxy) is 1. The molecule has 0 bridgehead atoms. The molecule has 1 rings (SSSR count). The van der Waals surface area contributed by atoms with Gasteiger partial charge in [-0.05, 0) is 25.5 Å². The third-order valence-corrected chi connectivity index (χ3v) is 2.52. The van der Waals surface area contributed by atoms with Crippen LogP contribution in [0.1, 0.15) is 18.9 Å². The molecule has 6 nitrogen and oxygen atoms in total. The lowest BCUT2D eigenvalue weighted by atomic mass is 10.1. The van der Waals surface area contributed by atoms with E-state index in [-0.39, 0.29) is 11.6 Å². The standard InChI is InChI=1S/C14H18N2O4/c1-2-20-11-5-10-15-14(17)9-8-12-6-3-4-7-13(12)16(18)19/h3-4,6-9H,2,5,10-11H2,1H3,(H,15,17)/b9-8+. The molecule has 0 spiro atoms. The molecule has 0 aliphatic carbocycles. The highest BCUT2D eigenvalue weighted by Crippen LogP contribution is 2.18. The minimum atomic E-state index is -0.473. The van der Waals surface area contributed by atoms with Gasteiger partial charge in [0.15, 0.2) is 0 Å². The van der Waals surface area contributed by atoms with Gasteiger partial charge >= 0.3 is 0 Å². The SMILES string of the molecule is CCOCCCNC(=O)/C=C/c1ccccc1[N+](=O)[O-]. The van der Waals surface area contributed by atoms with Crippen LogP contribution in [0.15, 0.2) is 30.3 Å². The van der Waals surface area contributed by atoms with Gasteiger partial charge in [-0.2, -0.15) is 0 Å². The predicted molar refractivity (Wildman–Crippen MR) is 76.3 cm³/mol. The molecule has 1 aromatic rings. The third-order valence-electron chi connectivity index (χ3n) is 2.52. The molecule has 0 aliphatic rings. The summed E-state index contributed by atoms with van der Waals surface area (Å²) in [6.45, 7) is 3.68. The number of amides is 1. The van der Waals surface area contributed by atoms with Crippen LogP contribution in [0, 0.1) is 10.1 Å². The summed E-state index contributed by atoms with van der Waals surface area (Å²) in [5.74, 6) is -0.278. The van der Waals surface area contributed by atoms with Crippen LogP contribution in [-0.4, -0.2) is 30.6 Å². The van der Waals surface area contributed by atoms with Crippen LogP contribution < -0.4 is 5.32 Å². The second kappa shape index (κ2) is 8.82. The van der Waals surface area contributed by atoms with Gasteiger partial charge in [-0.15, -0.1) is 0 Å². The van der Waals surface area contributed by atoms with E-state index in [1.165, 1.54) is 18.2 Å². The number of carbonyl (C=O) groups excluding carboxylic acids is 1. The van der Waals surface area contributed by atoms with E-state index in [0.717, 1.165) is 6.42 Å². The van der Waals surface area contributed by atoms with Crippen LogP contribution >= 0.6 is 0 Å². The Morgan fingerprint density at radius 2 is 2.20 bits per heavy atom. The van der Waals surface area contributed by atoms with E-state index in [9.17, 15) is 14.9 Å². The number of rotatable bonds is 8. The second-order valence-corrected chi connectivity index (χ2v) is 3.99. The summed E-state index contributed by atoms with van der Waals surface area (Å²) in [5, 5.41) is 13.5. The molecule has 0 unspecified atom stereocenters. The zero-order chi connectivity index (χ0) is 14.8. The Labute approximate surface area is 117 Å². The Kier molecular flexibility index (Phi) is 6.99. The lowest BCUT2D eigenvalue weighted by Crippen LogP contribution is -2.23. The Balaban J connectivity index is 2.47. The van der Waals surface area contributed by atoms with Crippen molar-refractivity contribution in [3.05, 3.63) is 46.0 Å². The molecule has 20 heavy (non-hydrogen) atoms. The van der Waals surface area contributed by atoms with Gasteiger partial charge in [-0.3, -0.25) is 14.9 Å². The molecule has 108 valence electrons. The zero-order valence-corrected chi connectivity index (χ0v) is 11.4. The quantitative estimate of drug-likeness (QED) is 0.342. The molecule has 0 saturated carbocycles. The highest BCUT2D eigenvalue weighted by molar-refractivity contribution is 5.92. The van der Waals surface area contributed by atoms with Crippen molar-refractivity contribution in [3.63, 3.8) is 0 Å². The second-order valence-electron chi connectivity index (χ2n) is 3.99. The molecule has 1 N–H and O–H groups in total. The molecule has 0 atom stereocenters. The van der Waals surface area contributed by atoms with Crippen molar-refractivity contribution in [2.45, 2.75) is 13.3 Å². The predicted octanol–water partition coefficient (Wildman–Crippen LogP) is 2.15. The van der Waals surface area contributed by atoms with Crippen molar-refractivity contribution >= 4 is 17.7 Å². The van der Waals surface area contributed by atoms with Crippen molar-refractivity contribution in [1.29, 1.82) is 0 Å². The Morgan fingerprint density at radius 3 is 2.90 bits per heavy atom. The van der Waals surface area contributed by atoms with Gasteiger partial charge in [-0.25, -0.2) is 0 Å². The normalized spacial score (nSPS) is 10.7. The zero-order valence-electron chi connectivity index (χ0n) is 11.4. The molecule has 0 fully saturated rings. The molecular weight excluding hydrogens is 260 g/mol. The summed E-state index contributed by atoms with van der Waals surface area (Å²) in [6, 6.07) is 6.27. The number of nitro groups is 1. The lowest BCUT2D eigenvalue weighted by Gasteiger charge is -2.02. The van der Waals surface area contributed by atoms with Crippen LogP contribution in [0.3, 0.4) is 0 Å². The fourth-order valence-corrected chi connectivity index (χ4v) is 1.55. The van der Waals surface area contributed by atoms with Crippen LogP contribution in [0.5, 0.6) is 0 Å². The van der Waals surface area contributed by atoms with E-state index in [4.69, 9.17) is 4.74 Å². The molecule has 6 heteroatoms. The number of nitro benzene ring substituents is 1. The van der Waals surface area contributed by atoms with E-state index in [0.29, 0.717) is 25.3 Å². The molecule has 0 aliphatic heterocycles. The number of para-hydroxylation sites is 1. The summed E-state index contributed by atoms with van der Waals surface area (Å²) >= 11 is 0. The van der Waals surface area contributed by atoms with Gasteiger partial charge in [0.1, 0.15) is 0 Å². The summed E-state index contributed by atoms with van der Waals surface area (Å²) in [6.07, 6.45) is 3.47. The molecule has 0 radical (unpaired) electrons. The maximum Gasteiger partial charge on any atom is 0.276 e. The van der Waals surface area contributed by atoms with E-state index < -0.39 is 4.92 Å². The summed E-state index contributed by atoms with van der Waals surface area (Å²) in [5.41, 5.74) is 0.384. The number of carbonyl (C=O) groups is 1. The van der Waals surface area contributed by atoms with Crippen molar-refractivity contribution in [3.8, 4) is 0 Å². The van der Waals surface area contributed by atoms with Crippen molar-refractivity contribution in [2.75, 3.05) is 19.8 Å². The van der Waals surface area contributed by atoms with Crippen molar-refractivity contribution < 1.29 is 14.5 Å². The van der Waals surface area contributed by atoms with Crippen molar-refractivity contribution in [2.24, 2.45) is 0 Å². The highest BCUT2D eigenvalue weighted by Gasteiger charge is 2.09. The maximum atomic E-state index is 11.5. The lowest BCUT2D eigenvalue weighted by molar-refractivity contribution is -0.385. The number of hydrogen-bond donors (Lipinski definition) is 1. The molecule has 0 aromatic heterocycles. The average Bonchev–Trinajstić information content (AvgIpc) is 2.45. The first-order valence-electron chi connectivity index (χ1n) is 6.42. The van der Waals surface area contributed by atoms with E-state index in [1.54, 1.807) is 18.2 Å². The van der Waals surface area contributed by atoms with Gasteiger partial charge in [-0.1, -0.05) is 12.1 Å².